The fourth-order valence-electron chi connectivity index (χ4n) is 1.87. The number of nitrogens with zero attached hydrogens (tertiary/aromatic N) is 2. The summed E-state index contributed by atoms with van der Waals surface area (Å²) < 4.78 is 5.41. The van der Waals surface area contributed by atoms with E-state index >= 15 is 0 Å². The SMILES string of the molecule is CCNC(=NCc1ccnc(OCC)c1)NCCCCSC.I. The molecule has 1 aromatic rings. The van der Waals surface area contributed by atoms with Crippen LogP contribution in [-0.2, 0) is 6.54 Å². The lowest BCUT2D eigenvalue weighted by atomic mass is 10.3. The summed E-state index contributed by atoms with van der Waals surface area (Å²) in [5.41, 5.74) is 1.10. The molecule has 0 saturated heterocycles. The second-order valence-electron chi connectivity index (χ2n) is 4.76. The van der Waals surface area contributed by atoms with Gasteiger partial charge in [0.15, 0.2) is 5.96 Å². The number of rotatable bonds is 10. The summed E-state index contributed by atoms with van der Waals surface area (Å²) in [5.74, 6) is 2.73. The molecule has 0 spiro atoms. The number of aromatic nitrogens is 1. The van der Waals surface area contributed by atoms with E-state index in [1.54, 1.807) is 6.20 Å². The van der Waals surface area contributed by atoms with Crippen LogP contribution in [0, 0.1) is 0 Å². The minimum absolute atomic E-state index is 0. The van der Waals surface area contributed by atoms with E-state index in [2.05, 4.69) is 33.8 Å². The van der Waals surface area contributed by atoms with Gasteiger partial charge >= 0.3 is 0 Å². The largest absolute Gasteiger partial charge is 0.478 e. The highest BCUT2D eigenvalue weighted by molar-refractivity contribution is 14.0. The molecule has 23 heavy (non-hydrogen) atoms. The molecule has 0 amide bonds. The Morgan fingerprint density at radius 3 is 2.83 bits per heavy atom. The Hall–Kier alpha value is -0.700. The molecule has 1 heterocycles. The quantitative estimate of drug-likeness (QED) is 0.247. The van der Waals surface area contributed by atoms with Gasteiger partial charge in [-0.05, 0) is 50.3 Å². The monoisotopic (exact) mass is 452 g/mol. The first-order chi connectivity index (χ1) is 10.8. The van der Waals surface area contributed by atoms with Crippen molar-refractivity contribution >= 4 is 41.7 Å². The molecule has 0 radical (unpaired) electrons. The lowest BCUT2D eigenvalue weighted by molar-refractivity contribution is 0.326. The molecule has 5 nitrogen and oxygen atoms in total. The minimum atomic E-state index is 0. The van der Waals surface area contributed by atoms with Gasteiger partial charge in [-0.1, -0.05) is 0 Å². The van der Waals surface area contributed by atoms with Crippen LogP contribution in [0.4, 0.5) is 0 Å². The Balaban J connectivity index is 0.00000484. The molecular weight excluding hydrogens is 423 g/mol. The van der Waals surface area contributed by atoms with E-state index in [0.29, 0.717) is 19.0 Å². The first-order valence-corrected chi connectivity index (χ1v) is 9.28. The number of guanidine groups is 1. The average Bonchev–Trinajstić information content (AvgIpc) is 2.53. The van der Waals surface area contributed by atoms with Crippen molar-refractivity contribution in [2.24, 2.45) is 4.99 Å². The van der Waals surface area contributed by atoms with Gasteiger partial charge in [-0.25, -0.2) is 9.98 Å². The Kier molecular flexibility index (Phi) is 14.4. The summed E-state index contributed by atoms with van der Waals surface area (Å²) in [5, 5.41) is 6.64. The fraction of sp³-hybridized carbons (Fsp3) is 0.625. The van der Waals surface area contributed by atoms with Crippen LogP contribution in [0.2, 0.25) is 0 Å². The number of aliphatic imine (C=N–C) groups is 1. The standard InChI is InChI=1S/C16H28N4OS.HI/c1-4-17-16(19-9-6-7-11-22-3)20-13-14-8-10-18-15(12-14)21-5-2;/h8,10,12H,4-7,9,11,13H2,1-3H3,(H2,17,19,20);1H. The summed E-state index contributed by atoms with van der Waals surface area (Å²) in [6, 6.07) is 3.91. The van der Waals surface area contributed by atoms with Crippen LogP contribution >= 0.6 is 35.7 Å². The third kappa shape index (κ3) is 10.6. The van der Waals surface area contributed by atoms with E-state index < -0.39 is 0 Å². The highest BCUT2D eigenvalue weighted by Crippen LogP contribution is 2.10. The highest BCUT2D eigenvalue weighted by Gasteiger charge is 2.00. The number of hydrogen-bond acceptors (Lipinski definition) is 4. The van der Waals surface area contributed by atoms with Gasteiger partial charge in [-0.3, -0.25) is 0 Å². The van der Waals surface area contributed by atoms with Crippen LogP contribution in [0.1, 0.15) is 32.3 Å². The maximum Gasteiger partial charge on any atom is 0.213 e. The first-order valence-electron chi connectivity index (χ1n) is 7.89. The predicted octanol–water partition coefficient (Wildman–Crippen LogP) is 3.30. The number of nitrogens with one attached hydrogen (secondary N) is 2. The number of hydrogen-bond donors (Lipinski definition) is 2. The van der Waals surface area contributed by atoms with Gasteiger partial charge < -0.3 is 15.4 Å². The lowest BCUT2D eigenvalue weighted by Crippen LogP contribution is -2.37. The van der Waals surface area contributed by atoms with Crippen molar-refractivity contribution in [1.29, 1.82) is 0 Å². The van der Waals surface area contributed by atoms with E-state index in [1.807, 2.05) is 30.8 Å². The van der Waals surface area contributed by atoms with E-state index in [9.17, 15) is 0 Å². The minimum Gasteiger partial charge on any atom is -0.478 e. The number of halogens is 1. The molecule has 7 heteroatoms. The van der Waals surface area contributed by atoms with E-state index in [1.165, 1.54) is 12.2 Å². The van der Waals surface area contributed by atoms with Crippen LogP contribution in [-0.4, -0.2) is 42.6 Å². The molecule has 0 fully saturated rings. The van der Waals surface area contributed by atoms with Gasteiger partial charge in [0.2, 0.25) is 5.88 Å². The summed E-state index contributed by atoms with van der Waals surface area (Å²) in [4.78, 5) is 8.78. The van der Waals surface area contributed by atoms with E-state index in [0.717, 1.165) is 31.0 Å². The zero-order chi connectivity index (χ0) is 16.0. The Morgan fingerprint density at radius 1 is 1.30 bits per heavy atom. The molecule has 0 unspecified atom stereocenters. The second-order valence-corrected chi connectivity index (χ2v) is 5.74. The molecule has 0 saturated carbocycles. The maximum absolute atomic E-state index is 5.41. The molecular formula is C16H29IN4OS. The van der Waals surface area contributed by atoms with Crippen LogP contribution in [0.3, 0.4) is 0 Å². The first kappa shape index (κ1) is 22.3. The summed E-state index contributed by atoms with van der Waals surface area (Å²) in [6.45, 7) is 7.08. The van der Waals surface area contributed by atoms with Gasteiger partial charge in [0.1, 0.15) is 0 Å². The van der Waals surface area contributed by atoms with Crippen molar-refractivity contribution in [2.75, 3.05) is 31.7 Å². The predicted molar refractivity (Wildman–Crippen MR) is 111 cm³/mol. The van der Waals surface area contributed by atoms with Crippen LogP contribution < -0.4 is 15.4 Å². The summed E-state index contributed by atoms with van der Waals surface area (Å²) in [7, 11) is 0. The Bertz CT molecular complexity index is 446. The molecule has 2 N–H and O–H groups in total. The van der Waals surface area contributed by atoms with Crippen LogP contribution in [0.15, 0.2) is 23.3 Å². The van der Waals surface area contributed by atoms with Crippen molar-refractivity contribution in [2.45, 2.75) is 33.2 Å². The molecule has 0 aromatic carbocycles. The third-order valence-corrected chi connectivity index (χ3v) is 3.62. The average molecular weight is 452 g/mol. The zero-order valence-corrected chi connectivity index (χ0v) is 17.4. The zero-order valence-electron chi connectivity index (χ0n) is 14.3. The topological polar surface area (TPSA) is 58.5 Å². The fourth-order valence-corrected chi connectivity index (χ4v) is 2.36. The van der Waals surface area contributed by atoms with Crippen molar-refractivity contribution in [1.82, 2.24) is 15.6 Å². The van der Waals surface area contributed by atoms with Crippen molar-refractivity contribution in [3.05, 3.63) is 23.9 Å². The maximum atomic E-state index is 5.41. The molecule has 132 valence electrons. The molecule has 0 atom stereocenters. The highest BCUT2D eigenvalue weighted by atomic mass is 127. The van der Waals surface area contributed by atoms with Crippen molar-refractivity contribution in [3.63, 3.8) is 0 Å². The van der Waals surface area contributed by atoms with Gasteiger partial charge in [-0.15, -0.1) is 24.0 Å². The Labute approximate surface area is 161 Å². The van der Waals surface area contributed by atoms with Crippen molar-refractivity contribution < 1.29 is 4.74 Å². The molecule has 0 bridgehead atoms. The molecule has 0 aliphatic carbocycles. The van der Waals surface area contributed by atoms with Crippen molar-refractivity contribution in [3.8, 4) is 5.88 Å². The van der Waals surface area contributed by atoms with E-state index in [4.69, 9.17) is 4.74 Å². The molecule has 0 aliphatic rings. The van der Waals surface area contributed by atoms with Crippen LogP contribution in [0.5, 0.6) is 5.88 Å². The molecule has 0 aliphatic heterocycles. The van der Waals surface area contributed by atoms with Gasteiger partial charge in [0.25, 0.3) is 0 Å². The third-order valence-electron chi connectivity index (χ3n) is 2.92. The lowest BCUT2D eigenvalue weighted by Gasteiger charge is -2.11. The van der Waals surface area contributed by atoms with Gasteiger partial charge in [0.05, 0.1) is 13.2 Å². The van der Waals surface area contributed by atoms with Gasteiger partial charge in [-0.2, -0.15) is 11.8 Å². The Morgan fingerprint density at radius 2 is 2.13 bits per heavy atom. The number of unbranched alkanes of at least 4 members (excludes halogenated alkanes) is 1. The summed E-state index contributed by atoms with van der Waals surface area (Å²) >= 11 is 1.89. The van der Waals surface area contributed by atoms with Gasteiger partial charge in [0, 0.05) is 25.4 Å². The molecule has 1 aromatic heterocycles. The smallest absolute Gasteiger partial charge is 0.213 e. The van der Waals surface area contributed by atoms with Crippen LogP contribution in [0.25, 0.3) is 0 Å². The van der Waals surface area contributed by atoms with E-state index in [-0.39, 0.29) is 24.0 Å². The second kappa shape index (κ2) is 14.9. The summed E-state index contributed by atoms with van der Waals surface area (Å²) in [6.07, 6.45) is 6.30. The molecule has 1 rings (SSSR count). The number of pyridine rings is 1. The number of thioether (sulfide) groups is 1. The normalized spacial score (nSPS) is 10.8. The number of ether oxygens (including phenoxy) is 1.